The predicted molar refractivity (Wildman–Crippen MR) is 66.7 cm³/mol. The van der Waals surface area contributed by atoms with Gasteiger partial charge in [0.1, 0.15) is 0 Å². The van der Waals surface area contributed by atoms with Crippen molar-refractivity contribution < 1.29 is 4.74 Å². The molecule has 0 bridgehead atoms. The molecule has 94 valence electrons. The van der Waals surface area contributed by atoms with Crippen LogP contribution < -0.4 is 5.32 Å². The van der Waals surface area contributed by atoms with Crippen molar-refractivity contribution in [1.82, 2.24) is 10.2 Å². The zero-order valence-electron chi connectivity index (χ0n) is 10.8. The number of hydrogen-bond donors (Lipinski definition) is 1. The van der Waals surface area contributed by atoms with Crippen molar-refractivity contribution >= 4 is 0 Å². The molecule has 0 radical (unpaired) electrons. The van der Waals surface area contributed by atoms with E-state index in [-0.39, 0.29) is 0 Å². The highest BCUT2D eigenvalue weighted by atomic mass is 16.5. The van der Waals surface area contributed by atoms with Crippen LogP contribution in [0.5, 0.6) is 0 Å². The molecule has 0 spiro atoms. The largest absolute Gasteiger partial charge is 0.377 e. The van der Waals surface area contributed by atoms with Crippen molar-refractivity contribution in [1.29, 1.82) is 0 Å². The Morgan fingerprint density at radius 1 is 1.44 bits per heavy atom. The Morgan fingerprint density at radius 3 is 2.94 bits per heavy atom. The van der Waals surface area contributed by atoms with Crippen LogP contribution in [0.1, 0.15) is 33.1 Å². The minimum atomic E-state index is 0.481. The molecule has 1 atom stereocenters. The lowest BCUT2D eigenvalue weighted by Gasteiger charge is -2.20. The van der Waals surface area contributed by atoms with Crippen molar-refractivity contribution in [3.05, 3.63) is 0 Å². The lowest BCUT2D eigenvalue weighted by atomic mass is 9.93. The lowest BCUT2D eigenvalue weighted by molar-refractivity contribution is 0.109. The molecule has 2 rings (SSSR count). The van der Waals surface area contributed by atoms with Gasteiger partial charge < -0.3 is 15.0 Å². The van der Waals surface area contributed by atoms with Crippen LogP contribution in [0.4, 0.5) is 0 Å². The summed E-state index contributed by atoms with van der Waals surface area (Å²) < 4.78 is 5.58. The van der Waals surface area contributed by atoms with Gasteiger partial charge in [0, 0.05) is 32.8 Å². The van der Waals surface area contributed by atoms with Gasteiger partial charge in [0.2, 0.25) is 0 Å². The highest BCUT2D eigenvalue weighted by molar-refractivity contribution is 4.82. The number of likely N-dealkylation sites (tertiary alicyclic amines) is 1. The van der Waals surface area contributed by atoms with Gasteiger partial charge in [0.05, 0.1) is 6.10 Å². The van der Waals surface area contributed by atoms with Gasteiger partial charge in [-0.1, -0.05) is 13.8 Å². The summed E-state index contributed by atoms with van der Waals surface area (Å²) in [6.07, 6.45) is 4.31. The molecule has 0 aromatic heterocycles. The van der Waals surface area contributed by atoms with E-state index in [9.17, 15) is 0 Å². The average Bonchev–Trinajstić information content (AvgIpc) is 2.82. The second kappa shape index (κ2) is 5.48. The molecule has 2 aliphatic heterocycles. The minimum absolute atomic E-state index is 0.481. The summed E-state index contributed by atoms with van der Waals surface area (Å²) in [7, 11) is 0. The van der Waals surface area contributed by atoms with Gasteiger partial charge >= 0.3 is 0 Å². The van der Waals surface area contributed by atoms with Crippen molar-refractivity contribution in [3.8, 4) is 0 Å². The molecule has 16 heavy (non-hydrogen) atoms. The molecule has 3 nitrogen and oxygen atoms in total. The van der Waals surface area contributed by atoms with E-state index in [4.69, 9.17) is 4.74 Å². The summed E-state index contributed by atoms with van der Waals surface area (Å²) in [5.41, 5.74) is 0.536. The molecule has 2 heterocycles. The van der Waals surface area contributed by atoms with Crippen LogP contribution in [0, 0.1) is 5.41 Å². The molecule has 1 unspecified atom stereocenters. The van der Waals surface area contributed by atoms with Crippen LogP contribution in [0.25, 0.3) is 0 Å². The summed E-state index contributed by atoms with van der Waals surface area (Å²) in [5, 5.41) is 3.51. The third-order valence-corrected chi connectivity index (χ3v) is 3.76. The third-order valence-electron chi connectivity index (χ3n) is 3.76. The van der Waals surface area contributed by atoms with Crippen LogP contribution in [-0.4, -0.2) is 50.3 Å². The Hall–Kier alpha value is -0.120. The van der Waals surface area contributed by atoms with Crippen LogP contribution in [-0.2, 0) is 4.74 Å². The van der Waals surface area contributed by atoms with Gasteiger partial charge in [-0.15, -0.1) is 0 Å². The van der Waals surface area contributed by atoms with E-state index >= 15 is 0 Å². The maximum Gasteiger partial charge on any atom is 0.0700 e. The van der Waals surface area contributed by atoms with Gasteiger partial charge in [-0.05, 0) is 31.2 Å². The first-order valence-corrected chi connectivity index (χ1v) is 6.70. The zero-order chi connectivity index (χ0) is 11.4. The molecule has 2 saturated heterocycles. The number of rotatable bonds is 5. The molecule has 2 aliphatic rings. The summed E-state index contributed by atoms with van der Waals surface area (Å²) in [6.45, 7) is 11.6. The fourth-order valence-electron chi connectivity index (χ4n) is 2.72. The van der Waals surface area contributed by atoms with Gasteiger partial charge in [0.25, 0.3) is 0 Å². The fraction of sp³-hybridized carbons (Fsp3) is 1.00. The first-order valence-electron chi connectivity index (χ1n) is 6.70. The normalized spacial score (nSPS) is 30.0. The van der Waals surface area contributed by atoms with Gasteiger partial charge in [0.15, 0.2) is 0 Å². The van der Waals surface area contributed by atoms with Crippen LogP contribution in [0.2, 0.25) is 0 Å². The molecule has 3 heteroatoms. The molecule has 0 amide bonds. The van der Waals surface area contributed by atoms with Gasteiger partial charge in [-0.2, -0.15) is 0 Å². The standard InChI is InChI=1S/C13H26N2O/c1-13(2)5-7-15(11-13)8-6-14-10-12-4-3-9-16-12/h12,14H,3-11H2,1-2H3. The van der Waals surface area contributed by atoms with E-state index < -0.39 is 0 Å². The lowest BCUT2D eigenvalue weighted by Crippen LogP contribution is -2.34. The van der Waals surface area contributed by atoms with Crippen LogP contribution in [0.3, 0.4) is 0 Å². The molecule has 0 aliphatic carbocycles. The van der Waals surface area contributed by atoms with Gasteiger partial charge in [-0.25, -0.2) is 0 Å². The van der Waals surface area contributed by atoms with E-state index in [1.54, 1.807) is 0 Å². The van der Waals surface area contributed by atoms with Crippen molar-refractivity contribution in [2.75, 3.05) is 39.3 Å². The summed E-state index contributed by atoms with van der Waals surface area (Å²) in [6, 6.07) is 0. The first-order chi connectivity index (χ1) is 7.66. The average molecular weight is 226 g/mol. The first kappa shape index (κ1) is 12.3. The maximum atomic E-state index is 5.58. The predicted octanol–water partition coefficient (Wildman–Crippen LogP) is 1.49. The van der Waals surface area contributed by atoms with Crippen molar-refractivity contribution in [2.45, 2.75) is 39.2 Å². The summed E-state index contributed by atoms with van der Waals surface area (Å²) >= 11 is 0. The third kappa shape index (κ3) is 3.72. The number of nitrogens with zero attached hydrogens (tertiary/aromatic N) is 1. The monoisotopic (exact) mass is 226 g/mol. The Kier molecular flexibility index (Phi) is 4.22. The smallest absolute Gasteiger partial charge is 0.0700 e. The second-order valence-corrected chi connectivity index (χ2v) is 6.03. The summed E-state index contributed by atoms with van der Waals surface area (Å²) in [4.78, 5) is 2.57. The zero-order valence-corrected chi connectivity index (χ0v) is 10.8. The Labute approximate surface area is 99.5 Å². The van der Waals surface area contributed by atoms with Crippen molar-refractivity contribution in [3.63, 3.8) is 0 Å². The molecular formula is C13H26N2O. The molecule has 2 fully saturated rings. The minimum Gasteiger partial charge on any atom is -0.377 e. The van der Waals surface area contributed by atoms with Crippen LogP contribution in [0.15, 0.2) is 0 Å². The maximum absolute atomic E-state index is 5.58. The number of hydrogen-bond acceptors (Lipinski definition) is 3. The second-order valence-electron chi connectivity index (χ2n) is 6.03. The van der Waals surface area contributed by atoms with Crippen molar-refractivity contribution in [2.24, 2.45) is 5.41 Å². The van der Waals surface area contributed by atoms with Gasteiger partial charge in [-0.3, -0.25) is 0 Å². The highest BCUT2D eigenvalue weighted by Gasteiger charge is 2.28. The molecule has 1 N–H and O–H groups in total. The van der Waals surface area contributed by atoms with Crippen LogP contribution >= 0.6 is 0 Å². The summed E-state index contributed by atoms with van der Waals surface area (Å²) in [5.74, 6) is 0. The Balaban J connectivity index is 1.51. The van der Waals surface area contributed by atoms with E-state index in [2.05, 4.69) is 24.1 Å². The van der Waals surface area contributed by atoms with E-state index in [1.165, 1.54) is 38.9 Å². The number of ether oxygens (including phenoxy) is 1. The number of nitrogens with one attached hydrogen (secondary N) is 1. The molecule has 0 aromatic carbocycles. The van der Waals surface area contributed by atoms with E-state index in [0.717, 1.165) is 19.7 Å². The molecule has 0 aromatic rings. The molecular weight excluding hydrogens is 200 g/mol. The quantitative estimate of drug-likeness (QED) is 0.719. The SMILES string of the molecule is CC1(C)CCN(CCNCC2CCCO2)C1. The highest BCUT2D eigenvalue weighted by Crippen LogP contribution is 2.28. The topological polar surface area (TPSA) is 24.5 Å². The Morgan fingerprint density at radius 2 is 2.31 bits per heavy atom. The molecule has 0 saturated carbocycles. The van der Waals surface area contributed by atoms with E-state index in [0.29, 0.717) is 11.5 Å². The van der Waals surface area contributed by atoms with E-state index in [1.807, 2.05) is 0 Å². The Bertz CT molecular complexity index is 212. The fourth-order valence-corrected chi connectivity index (χ4v) is 2.72.